The number of piperidine rings is 1. The number of carbonyl (C=O) groups excluding carboxylic acids is 3. The summed E-state index contributed by atoms with van der Waals surface area (Å²) in [5.74, 6) is -0.619. The molecule has 2 aromatic carbocycles. The van der Waals surface area contributed by atoms with E-state index in [1.54, 1.807) is 4.90 Å². The SMILES string of the molecule is Cc1ccc(CNC(=O)C(Cc2ccccc2)NC(=O)C2CCN(C(=O)OC(C)(C)C)CC2)cc1. The lowest BCUT2D eigenvalue weighted by atomic mass is 9.95. The maximum atomic E-state index is 13.1. The summed E-state index contributed by atoms with van der Waals surface area (Å²) >= 11 is 0. The number of carbonyl (C=O) groups is 3. The minimum Gasteiger partial charge on any atom is -0.444 e. The Bertz CT molecular complexity index is 991. The van der Waals surface area contributed by atoms with E-state index in [0.29, 0.717) is 38.9 Å². The van der Waals surface area contributed by atoms with E-state index >= 15 is 0 Å². The monoisotopic (exact) mass is 479 g/mol. The number of benzene rings is 2. The van der Waals surface area contributed by atoms with Crippen molar-refractivity contribution in [3.8, 4) is 0 Å². The van der Waals surface area contributed by atoms with E-state index in [4.69, 9.17) is 4.74 Å². The number of nitrogens with zero attached hydrogens (tertiary/aromatic N) is 1. The molecule has 0 saturated carbocycles. The molecule has 3 amide bonds. The van der Waals surface area contributed by atoms with Gasteiger partial charge in [-0.3, -0.25) is 9.59 Å². The van der Waals surface area contributed by atoms with Crippen LogP contribution in [0.25, 0.3) is 0 Å². The summed E-state index contributed by atoms with van der Waals surface area (Å²) in [6, 6.07) is 17.0. The van der Waals surface area contributed by atoms with Crippen LogP contribution in [-0.2, 0) is 27.3 Å². The normalized spacial score (nSPS) is 15.3. The molecule has 0 aliphatic carbocycles. The Kier molecular flexibility index (Phi) is 8.90. The van der Waals surface area contributed by atoms with Crippen molar-refractivity contribution in [3.63, 3.8) is 0 Å². The van der Waals surface area contributed by atoms with Crippen LogP contribution in [0, 0.1) is 12.8 Å². The number of aryl methyl sites for hydroxylation is 1. The van der Waals surface area contributed by atoms with Gasteiger partial charge in [-0.1, -0.05) is 60.2 Å². The fourth-order valence-corrected chi connectivity index (χ4v) is 4.02. The predicted octanol–water partition coefficient (Wildman–Crippen LogP) is 3.99. The summed E-state index contributed by atoms with van der Waals surface area (Å²) in [7, 11) is 0. The molecule has 1 unspecified atom stereocenters. The minimum absolute atomic E-state index is 0.153. The minimum atomic E-state index is -0.681. The highest BCUT2D eigenvalue weighted by molar-refractivity contribution is 5.88. The van der Waals surface area contributed by atoms with Gasteiger partial charge in [-0.15, -0.1) is 0 Å². The van der Waals surface area contributed by atoms with Crippen molar-refractivity contribution >= 4 is 17.9 Å². The Balaban J connectivity index is 1.59. The van der Waals surface area contributed by atoms with Gasteiger partial charge in [0.05, 0.1) is 0 Å². The fraction of sp³-hybridized carbons (Fsp3) is 0.464. The third-order valence-corrected chi connectivity index (χ3v) is 6.02. The van der Waals surface area contributed by atoms with Crippen LogP contribution in [-0.4, -0.2) is 47.5 Å². The van der Waals surface area contributed by atoms with Gasteiger partial charge < -0.3 is 20.3 Å². The van der Waals surface area contributed by atoms with E-state index in [2.05, 4.69) is 10.6 Å². The van der Waals surface area contributed by atoms with Crippen LogP contribution in [0.2, 0.25) is 0 Å². The first kappa shape index (κ1) is 26.3. The number of rotatable bonds is 7. The molecule has 2 aromatic rings. The number of hydrogen-bond acceptors (Lipinski definition) is 4. The van der Waals surface area contributed by atoms with Gasteiger partial charge in [-0.05, 0) is 51.7 Å². The Morgan fingerprint density at radius 3 is 2.20 bits per heavy atom. The molecule has 0 bridgehead atoms. The van der Waals surface area contributed by atoms with E-state index in [0.717, 1.165) is 16.7 Å². The van der Waals surface area contributed by atoms with E-state index < -0.39 is 11.6 Å². The second-order valence-electron chi connectivity index (χ2n) is 10.2. The molecule has 1 atom stereocenters. The van der Waals surface area contributed by atoms with Gasteiger partial charge >= 0.3 is 6.09 Å². The second-order valence-corrected chi connectivity index (χ2v) is 10.2. The largest absolute Gasteiger partial charge is 0.444 e. The molecule has 1 saturated heterocycles. The molecule has 3 rings (SSSR count). The Morgan fingerprint density at radius 1 is 0.971 bits per heavy atom. The Morgan fingerprint density at radius 2 is 1.60 bits per heavy atom. The van der Waals surface area contributed by atoms with Crippen molar-refractivity contribution in [2.45, 2.75) is 65.1 Å². The number of nitrogens with one attached hydrogen (secondary N) is 2. The summed E-state index contributed by atoms with van der Waals surface area (Å²) < 4.78 is 5.44. The molecular formula is C28H37N3O4. The fourth-order valence-electron chi connectivity index (χ4n) is 4.02. The van der Waals surface area contributed by atoms with Crippen LogP contribution < -0.4 is 10.6 Å². The van der Waals surface area contributed by atoms with Crippen LogP contribution in [0.4, 0.5) is 4.79 Å². The van der Waals surface area contributed by atoms with Crippen LogP contribution >= 0.6 is 0 Å². The van der Waals surface area contributed by atoms with Crippen molar-refractivity contribution in [3.05, 3.63) is 71.3 Å². The standard InChI is InChI=1S/C28H37N3O4/c1-20-10-12-22(13-11-20)19-29-26(33)24(18-21-8-6-5-7-9-21)30-25(32)23-14-16-31(17-15-23)27(34)35-28(2,3)4/h5-13,23-24H,14-19H2,1-4H3,(H,29,33)(H,30,32). The van der Waals surface area contributed by atoms with Crippen molar-refractivity contribution in [2.75, 3.05) is 13.1 Å². The van der Waals surface area contributed by atoms with Crippen molar-refractivity contribution in [2.24, 2.45) is 5.92 Å². The lowest BCUT2D eigenvalue weighted by Gasteiger charge is -2.33. The predicted molar refractivity (Wildman–Crippen MR) is 136 cm³/mol. The molecule has 1 aliphatic rings. The van der Waals surface area contributed by atoms with Crippen LogP contribution in [0.1, 0.15) is 50.3 Å². The summed E-state index contributed by atoms with van der Waals surface area (Å²) in [4.78, 5) is 40.1. The molecule has 7 heteroatoms. The summed E-state index contributed by atoms with van der Waals surface area (Å²) in [5, 5.41) is 5.94. The maximum Gasteiger partial charge on any atom is 0.410 e. The highest BCUT2D eigenvalue weighted by Gasteiger charge is 2.32. The number of ether oxygens (including phenoxy) is 1. The quantitative estimate of drug-likeness (QED) is 0.629. The van der Waals surface area contributed by atoms with Crippen molar-refractivity contribution in [1.82, 2.24) is 15.5 Å². The number of amides is 3. The van der Waals surface area contributed by atoms with Crippen molar-refractivity contribution < 1.29 is 19.1 Å². The van der Waals surface area contributed by atoms with Gasteiger partial charge in [0, 0.05) is 32.0 Å². The van der Waals surface area contributed by atoms with Gasteiger partial charge in [-0.25, -0.2) is 4.79 Å². The molecule has 1 heterocycles. The molecular weight excluding hydrogens is 442 g/mol. The van der Waals surface area contributed by atoms with Gasteiger partial charge in [0.1, 0.15) is 11.6 Å². The molecule has 0 spiro atoms. The molecule has 0 radical (unpaired) electrons. The Labute approximate surface area is 208 Å². The summed E-state index contributed by atoms with van der Waals surface area (Å²) in [6.45, 7) is 8.83. The van der Waals surface area contributed by atoms with Crippen LogP contribution in [0.15, 0.2) is 54.6 Å². The van der Waals surface area contributed by atoms with Crippen LogP contribution in [0.3, 0.4) is 0 Å². The molecule has 0 aromatic heterocycles. The summed E-state index contributed by atoms with van der Waals surface area (Å²) in [5.41, 5.74) is 2.58. The van der Waals surface area contributed by atoms with Gasteiger partial charge in [0.15, 0.2) is 0 Å². The van der Waals surface area contributed by atoms with E-state index in [1.165, 1.54) is 0 Å². The van der Waals surface area contributed by atoms with Gasteiger partial charge in [0.25, 0.3) is 0 Å². The highest BCUT2D eigenvalue weighted by Crippen LogP contribution is 2.20. The zero-order valence-corrected chi connectivity index (χ0v) is 21.2. The first-order chi connectivity index (χ1) is 16.6. The van der Waals surface area contributed by atoms with E-state index in [1.807, 2.05) is 82.3 Å². The lowest BCUT2D eigenvalue weighted by molar-refractivity contribution is -0.132. The molecule has 2 N–H and O–H groups in total. The second kappa shape index (κ2) is 11.9. The first-order valence-electron chi connectivity index (χ1n) is 12.3. The highest BCUT2D eigenvalue weighted by atomic mass is 16.6. The number of likely N-dealkylation sites (tertiary alicyclic amines) is 1. The molecule has 7 nitrogen and oxygen atoms in total. The summed E-state index contributed by atoms with van der Waals surface area (Å²) in [6.07, 6.45) is 1.12. The molecule has 1 aliphatic heterocycles. The van der Waals surface area contributed by atoms with E-state index in [9.17, 15) is 14.4 Å². The smallest absolute Gasteiger partial charge is 0.410 e. The van der Waals surface area contributed by atoms with Gasteiger partial charge in [-0.2, -0.15) is 0 Å². The zero-order valence-electron chi connectivity index (χ0n) is 21.2. The molecule has 1 fully saturated rings. The lowest BCUT2D eigenvalue weighted by Crippen LogP contribution is -2.51. The van der Waals surface area contributed by atoms with Gasteiger partial charge in [0.2, 0.25) is 11.8 Å². The zero-order chi connectivity index (χ0) is 25.4. The van der Waals surface area contributed by atoms with Crippen molar-refractivity contribution in [1.29, 1.82) is 0 Å². The van der Waals surface area contributed by atoms with Crippen LogP contribution in [0.5, 0.6) is 0 Å². The molecule has 35 heavy (non-hydrogen) atoms. The number of hydrogen-bond donors (Lipinski definition) is 2. The topological polar surface area (TPSA) is 87.7 Å². The average Bonchev–Trinajstić information content (AvgIpc) is 2.82. The van der Waals surface area contributed by atoms with E-state index in [-0.39, 0.29) is 23.8 Å². The first-order valence-corrected chi connectivity index (χ1v) is 12.3. The third-order valence-electron chi connectivity index (χ3n) is 6.02. The maximum absolute atomic E-state index is 13.1. The average molecular weight is 480 g/mol. The molecule has 188 valence electrons. The third kappa shape index (κ3) is 8.42. The Hall–Kier alpha value is -3.35.